The van der Waals surface area contributed by atoms with Crippen LogP contribution in [-0.4, -0.2) is 41.2 Å². The molecule has 0 aromatic carbocycles. The summed E-state index contributed by atoms with van der Waals surface area (Å²) in [6.45, 7) is 2.03. The summed E-state index contributed by atoms with van der Waals surface area (Å²) in [4.78, 5) is 30.9. The summed E-state index contributed by atoms with van der Waals surface area (Å²) in [5, 5.41) is 3.30. The zero-order valence-electron chi connectivity index (χ0n) is 13.4. The zero-order chi connectivity index (χ0) is 17.8. The van der Waals surface area contributed by atoms with Gasteiger partial charge < -0.3 is 10.2 Å². The molecule has 3 rings (SSSR count). The van der Waals surface area contributed by atoms with Gasteiger partial charge in [-0.1, -0.05) is 29.3 Å². The Labute approximate surface area is 160 Å². The molecule has 0 spiro atoms. The van der Waals surface area contributed by atoms with Gasteiger partial charge in [-0.25, -0.2) is 0 Å². The molecule has 1 N–H and O–H groups in total. The van der Waals surface area contributed by atoms with E-state index in [0.717, 1.165) is 23.4 Å². The molecule has 1 aliphatic heterocycles. The molecular formula is C17H17Cl2N3O2S. The van der Waals surface area contributed by atoms with Crippen LogP contribution in [0, 0.1) is 0 Å². The summed E-state index contributed by atoms with van der Waals surface area (Å²) < 4.78 is 0.844. The Morgan fingerprint density at radius 2 is 2.20 bits per heavy atom. The van der Waals surface area contributed by atoms with E-state index in [1.165, 1.54) is 0 Å². The van der Waals surface area contributed by atoms with Crippen molar-refractivity contribution < 1.29 is 9.59 Å². The lowest BCUT2D eigenvalue weighted by Gasteiger charge is -2.36. The molecular weight excluding hydrogens is 381 g/mol. The van der Waals surface area contributed by atoms with Gasteiger partial charge in [0.05, 0.1) is 10.4 Å². The van der Waals surface area contributed by atoms with Gasteiger partial charge >= 0.3 is 0 Å². The molecule has 2 aromatic heterocycles. The van der Waals surface area contributed by atoms with Crippen LogP contribution in [0.25, 0.3) is 0 Å². The predicted molar refractivity (Wildman–Crippen MR) is 99.5 cm³/mol. The summed E-state index contributed by atoms with van der Waals surface area (Å²) in [5.74, 6) is -0.198. The van der Waals surface area contributed by atoms with Gasteiger partial charge in [0.2, 0.25) is 5.91 Å². The van der Waals surface area contributed by atoms with Crippen LogP contribution in [0.2, 0.25) is 8.67 Å². The number of halogens is 2. The van der Waals surface area contributed by atoms with E-state index in [4.69, 9.17) is 23.2 Å². The molecule has 0 saturated carbocycles. The fourth-order valence-electron chi connectivity index (χ4n) is 2.90. The van der Waals surface area contributed by atoms with Gasteiger partial charge in [-0.2, -0.15) is 0 Å². The first-order chi connectivity index (χ1) is 12.1. The van der Waals surface area contributed by atoms with E-state index in [1.807, 2.05) is 17.0 Å². The molecule has 1 amide bonds. The molecule has 1 saturated heterocycles. The van der Waals surface area contributed by atoms with Crippen LogP contribution in [0.4, 0.5) is 0 Å². The van der Waals surface area contributed by atoms with E-state index in [1.54, 1.807) is 18.5 Å². The minimum atomic E-state index is -0.158. The number of rotatable bonds is 5. The molecule has 3 heterocycles. The number of pyridine rings is 1. The Kier molecular flexibility index (Phi) is 6.06. The normalized spacial score (nSPS) is 17.5. The SMILES string of the molecule is O=C(CCC(=O)N1CCNCC1c1cccnc1)c1cc(Cl)sc1Cl. The fraction of sp³-hybridized carbons (Fsp3) is 0.353. The van der Waals surface area contributed by atoms with Crippen LogP contribution >= 0.6 is 34.5 Å². The third-order valence-corrected chi connectivity index (χ3v) is 5.64. The molecule has 2 aromatic rings. The first kappa shape index (κ1) is 18.3. The van der Waals surface area contributed by atoms with Gasteiger partial charge in [0.1, 0.15) is 4.34 Å². The molecule has 1 atom stereocenters. The molecule has 0 bridgehead atoms. The maximum atomic E-state index is 12.7. The molecule has 25 heavy (non-hydrogen) atoms. The molecule has 0 radical (unpaired) electrons. The number of hydrogen-bond donors (Lipinski definition) is 1. The largest absolute Gasteiger partial charge is 0.333 e. The summed E-state index contributed by atoms with van der Waals surface area (Å²) in [7, 11) is 0. The van der Waals surface area contributed by atoms with Crippen molar-refractivity contribution in [2.24, 2.45) is 0 Å². The smallest absolute Gasteiger partial charge is 0.223 e. The van der Waals surface area contributed by atoms with Crippen molar-refractivity contribution in [3.05, 3.63) is 50.4 Å². The van der Waals surface area contributed by atoms with E-state index >= 15 is 0 Å². The first-order valence-electron chi connectivity index (χ1n) is 7.94. The number of carbonyl (C=O) groups excluding carboxylic acids is 2. The lowest BCUT2D eigenvalue weighted by atomic mass is 10.0. The number of carbonyl (C=O) groups is 2. The molecule has 8 heteroatoms. The van der Waals surface area contributed by atoms with E-state index in [2.05, 4.69) is 10.3 Å². The van der Waals surface area contributed by atoms with Crippen molar-refractivity contribution in [3.63, 3.8) is 0 Å². The van der Waals surface area contributed by atoms with Crippen LogP contribution < -0.4 is 5.32 Å². The number of hydrogen-bond acceptors (Lipinski definition) is 5. The highest BCUT2D eigenvalue weighted by Crippen LogP contribution is 2.32. The highest BCUT2D eigenvalue weighted by molar-refractivity contribution is 7.20. The summed E-state index contributed by atoms with van der Waals surface area (Å²) in [5.41, 5.74) is 1.38. The number of nitrogens with zero attached hydrogens (tertiary/aromatic N) is 2. The Balaban J connectivity index is 1.65. The number of aromatic nitrogens is 1. The van der Waals surface area contributed by atoms with E-state index in [-0.39, 0.29) is 30.6 Å². The molecule has 1 aliphatic rings. The third kappa shape index (κ3) is 4.39. The van der Waals surface area contributed by atoms with E-state index < -0.39 is 0 Å². The van der Waals surface area contributed by atoms with Gasteiger partial charge in [0.25, 0.3) is 0 Å². The van der Waals surface area contributed by atoms with E-state index in [0.29, 0.717) is 27.3 Å². The quantitative estimate of drug-likeness (QED) is 0.782. The van der Waals surface area contributed by atoms with Crippen molar-refractivity contribution in [3.8, 4) is 0 Å². The number of nitrogens with one attached hydrogen (secondary N) is 1. The Morgan fingerprint density at radius 1 is 1.36 bits per heavy atom. The van der Waals surface area contributed by atoms with Gasteiger partial charge in [-0.05, 0) is 17.7 Å². The van der Waals surface area contributed by atoms with Crippen LogP contribution in [0.5, 0.6) is 0 Å². The monoisotopic (exact) mass is 397 g/mol. The van der Waals surface area contributed by atoms with E-state index in [9.17, 15) is 9.59 Å². The summed E-state index contributed by atoms with van der Waals surface area (Å²) in [6.07, 6.45) is 3.76. The molecule has 5 nitrogen and oxygen atoms in total. The lowest BCUT2D eigenvalue weighted by molar-refractivity contribution is -0.134. The predicted octanol–water partition coefficient (Wildman–Crippen LogP) is 3.59. The Hall–Kier alpha value is -1.47. The van der Waals surface area contributed by atoms with Crippen LogP contribution in [0.3, 0.4) is 0 Å². The van der Waals surface area contributed by atoms with Crippen LogP contribution in [-0.2, 0) is 4.79 Å². The van der Waals surface area contributed by atoms with Gasteiger partial charge in [-0.3, -0.25) is 14.6 Å². The second kappa shape index (κ2) is 8.27. The maximum absolute atomic E-state index is 12.7. The van der Waals surface area contributed by atoms with Gasteiger partial charge in [-0.15, -0.1) is 11.3 Å². The lowest BCUT2D eigenvalue weighted by Crippen LogP contribution is -2.48. The van der Waals surface area contributed by atoms with Crippen LogP contribution in [0.15, 0.2) is 30.6 Å². The second-order valence-corrected chi connectivity index (χ2v) is 8.04. The first-order valence-corrected chi connectivity index (χ1v) is 9.51. The Morgan fingerprint density at radius 3 is 2.88 bits per heavy atom. The average molecular weight is 398 g/mol. The van der Waals surface area contributed by atoms with Crippen molar-refractivity contribution in [2.45, 2.75) is 18.9 Å². The highest BCUT2D eigenvalue weighted by atomic mass is 35.5. The average Bonchev–Trinajstić information content (AvgIpc) is 2.98. The van der Waals surface area contributed by atoms with Gasteiger partial charge in [0, 0.05) is 50.4 Å². The summed E-state index contributed by atoms with van der Waals surface area (Å²) >= 11 is 13.0. The number of ketones is 1. The van der Waals surface area contributed by atoms with Gasteiger partial charge in [0.15, 0.2) is 5.78 Å². The third-order valence-electron chi connectivity index (χ3n) is 4.16. The minimum absolute atomic E-state index is 0.0406. The maximum Gasteiger partial charge on any atom is 0.223 e. The molecule has 1 fully saturated rings. The number of Topliss-reactive ketones (excluding diaryl/α,β-unsaturated/α-hetero) is 1. The van der Waals surface area contributed by atoms with Crippen molar-refractivity contribution in [1.29, 1.82) is 0 Å². The van der Waals surface area contributed by atoms with Crippen molar-refractivity contribution in [2.75, 3.05) is 19.6 Å². The van der Waals surface area contributed by atoms with Crippen molar-refractivity contribution >= 4 is 46.2 Å². The molecule has 1 unspecified atom stereocenters. The number of piperazine rings is 1. The minimum Gasteiger partial charge on any atom is -0.333 e. The molecule has 0 aliphatic carbocycles. The van der Waals surface area contributed by atoms with Crippen molar-refractivity contribution in [1.82, 2.24) is 15.2 Å². The molecule has 132 valence electrons. The number of amides is 1. The summed E-state index contributed by atoms with van der Waals surface area (Å²) in [6, 6.07) is 5.32. The fourth-order valence-corrected chi connectivity index (χ4v) is 4.40. The standard InChI is InChI=1S/C17H17Cl2N3O2S/c18-15-8-12(17(19)25-15)14(23)3-4-16(24)22-7-6-21-10-13(22)11-2-1-5-20-9-11/h1-2,5,8-9,13,21H,3-4,6-7,10H2. The topological polar surface area (TPSA) is 62.3 Å². The number of thiophene rings is 1. The second-order valence-electron chi connectivity index (χ2n) is 5.75. The highest BCUT2D eigenvalue weighted by Gasteiger charge is 2.28. The Bertz CT molecular complexity index is 767. The zero-order valence-corrected chi connectivity index (χ0v) is 15.7. The van der Waals surface area contributed by atoms with Crippen LogP contribution in [0.1, 0.15) is 34.8 Å².